The third kappa shape index (κ3) is 6.42. The van der Waals surface area contributed by atoms with Crippen LogP contribution in [0.1, 0.15) is 41.0 Å². The van der Waals surface area contributed by atoms with E-state index in [1.807, 2.05) is 13.8 Å². The molecule has 0 aliphatic heterocycles. The fourth-order valence-electron chi connectivity index (χ4n) is 3.74. The molecule has 0 aliphatic carbocycles. The lowest BCUT2D eigenvalue weighted by Crippen LogP contribution is -2.35. The average Bonchev–Trinajstić information content (AvgIpc) is 2.84. The molecule has 37 heavy (non-hydrogen) atoms. The number of carbonyl (C=O) groups excluding carboxylic acids is 1. The van der Waals surface area contributed by atoms with Gasteiger partial charge in [-0.25, -0.2) is 9.78 Å². The van der Waals surface area contributed by atoms with E-state index >= 15 is 0 Å². The Balaban J connectivity index is 1.97. The second-order valence-corrected chi connectivity index (χ2v) is 8.69. The van der Waals surface area contributed by atoms with Gasteiger partial charge in [0.1, 0.15) is 6.54 Å². The van der Waals surface area contributed by atoms with Crippen LogP contribution in [0.15, 0.2) is 52.4 Å². The highest BCUT2D eigenvalue weighted by molar-refractivity contribution is 5.97. The molecule has 12 nitrogen and oxygen atoms in total. The topological polar surface area (TPSA) is 198 Å². The summed E-state index contributed by atoms with van der Waals surface area (Å²) < 4.78 is 1.25. The highest BCUT2D eigenvalue weighted by Gasteiger charge is 2.20. The maximum atomic E-state index is 13.4. The minimum atomic E-state index is -1.18. The van der Waals surface area contributed by atoms with Crippen molar-refractivity contribution >= 4 is 29.2 Å². The number of hydrogen-bond acceptors (Lipinski definition) is 8. The molecule has 0 unspecified atom stereocenters. The summed E-state index contributed by atoms with van der Waals surface area (Å²) in [5, 5.41) is 26.9. The van der Waals surface area contributed by atoms with E-state index in [4.69, 9.17) is 16.7 Å². The number of carboxylic acid groups (broad SMARTS) is 1. The van der Waals surface area contributed by atoms with Crippen molar-refractivity contribution in [1.29, 1.82) is 0 Å². The van der Waals surface area contributed by atoms with Gasteiger partial charge in [0.25, 0.3) is 5.56 Å². The van der Waals surface area contributed by atoms with Gasteiger partial charge in [0, 0.05) is 29.4 Å². The van der Waals surface area contributed by atoms with E-state index in [-0.39, 0.29) is 47.7 Å². The zero-order valence-electron chi connectivity index (χ0n) is 20.6. The molecule has 0 bridgehead atoms. The predicted octanol–water partition coefficient (Wildman–Crippen LogP) is 1.73. The van der Waals surface area contributed by atoms with Gasteiger partial charge in [-0.05, 0) is 44.5 Å². The van der Waals surface area contributed by atoms with Crippen LogP contribution in [-0.4, -0.2) is 43.6 Å². The largest absolute Gasteiger partial charge is 0.478 e. The molecule has 12 heteroatoms. The van der Waals surface area contributed by atoms with Crippen LogP contribution in [0.2, 0.25) is 0 Å². The van der Waals surface area contributed by atoms with Crippen molar-refractivity contribution in [2.24, 2.45) is 10.9 Å². The van der Waals surface area contributed by atoms with Crippen molar-refractivity contribution in [3.05, 3.63) is 75.2 Å². The normalized spacial score (nSPS) is 11.4. The maximum absolute atomic E-state index is 13.4. The number of nitrogens with zero attached hydrogens (tertiary/aromatic N) is 3. The predicted molar refractivity (Wildman–Crippen MR) is 140 cm³/mol. The number of anilines is 2. The number of nitrogen functional groups attached to an aromatic ring is 1. The van der Waals surface area contributed by atoms with Crippen LogP contribution in [0.3, 0.4) is 0 Å². The Morgan fingerprint density at radius 2 is 1.81 bits per heavy atom. The number of aromatic carboxylic acids is 1. The zero-order chi connectivity index (χ0) is 27.3. The van der Waals surface area contributed by atoms with Crippen LogP contribution in [0.25, 0.3) is 11.3 Å². The Morgan fingerprint density at radius 3 is 2.41 bits per heavy atom. The van der Waals surface area contributed by atoms with Crippen molar-refractivity contribution in [2.45, 2.75) is 39.9 Å². The molecule has 3 aromatic rings. The average molecular weight is 508 g/mol. The number of carboxylic acids is 1. The molecule has 194 valence electrons. The molecule has 1 heterocycles. The molecule has 0 spiro atoms. The van der Waals surface area contributed by atoms with Crippen LogP contribution in [0, 0.1) is 6.92 Å². The smallest absolute Gasteiger partial charge is 0.335 e. The Morgan fingerprint density at radius 1 is 1.14 bits per heavy atom. The first-order valence-corrected chi connectivity index (χ1v) is 11.4. The van der Waals surface area contributed by atoms with E-state index in [0.717, 1.165) is 5.56 Å². The van der Waals surface area contributed by atoms with Crippen molar-refractivity contribution < 1.29 is 19.9 Å². The quantitative estimate of drug-likeness (QED) is 0.0821. The van der Waals surface area contributed by atoms with Gasteiger partial charge < -0.3 is 32.4 Å². The number of aromatic nitrogens is 2. The number of nitrogens with one attached hydrogen (secondary N) is 2. The van der Waals surface area contributed by atoms with Crippen molar-refractivity contribution in [3.63, 3.8) is 0 Å². The minimum absolute atomic E-state index is 0.0334. The molecule has 2 aromatic carbocycles. The Kier molecular flexibility index (Phi) is 8.12. The van der Waals surface area contributed by atoms with E-state index in [0.29, 0.717) is 16.8 Å². The molecule has 3 rings (SSSR count). The summed E-state index contributed by atoms with van der Waals surface area (Å²) in [6.45, 7) is 5.19. The lowest BCUT2D eigenvalue weighted by molar-refractivity contribution is -0.121. The number of amidine groups is 1. The van der Waals surface area contributed by atoms with Gasteiger partial charge in [-0.2, -0.15) is 0 Å². The Bertz CT molecular complexity index is 1410. The molecule has 0 saturated heterocycles. The van der Waals surface area contributed by atoms with E-state index in [1.165, 1.54) is 22.8 Å². The minimum Gasteiger partial charge on any atom is -0.478 e. The molecular formula is C25H29N7O5. The summed E-state index contributed by atoms with van der Waals surface area (Å²) in [7, 11) is 0. The van der Waals surface area contributed by atoms with Gasteiger partial charge in [-0.15, -0.1) is 0 Å². The van der Waals surface area contributed by atoms with Crippen LogP contribution < -0.4 is 27.7 Å². The number of carbonyl (C=O) groups is 2. The number of aryl methyl sites for hydroxylation is 1. The fourth-order valence-corrected chi connectivity index (χ4v) is 3.74. The highest BCUT2D eigenvalue weighted by Crippen LogP contribution is 2.26. The maximum Gasteiger partial charge on any atom is 0.335 e. The molecule has 0 radical (unpaired) electrons. The first kappa shape index (κ1) is 26.7. The first-order valence-electron chi connectivity index (χ1n) is 11.4. The standard InChI is InChI=1S/C25H29N7O5/c1-13(2)29-23-24(34)32(12-20(33)28-11-15-4-6-16(7-5-15)22(27)31-37)21(14(3)30-23)17-8-18(25(35)36)10-19(26)9-17/h4-10,13,37H,11-12,26H2,1-3H3,(H2,27,31)(H,28,33)(H,29,30)(H,35,36). The monoisotopic (exact) mass is 507 g/mol. The second kappa shape index (κ2) is 11.2. The van der Waals surface area contributed by atoms with Gasteiger partial charge in [0.05, 0.1) is 17.0 Å². The summed E-state index contributed by atoms with van der Waals surface area (Å²) in [6.07, 6.45) is 0. The molecule has 0 aliphatic rings. The van der Waals surface area contributed by atoms with Crippen molar-refractivity contribution in [2.75, 3.05) is 11.1 Å². The van der Waals surface area contributed by atoms with Crippen LogP contribution >= 0.6 is 0 Å². The third-order valence-electron chi connectivity index (χ3n) is 5.39. The molecule has 1 amide bonds. The molecule has 0 atom stereocenters. The van der Waals surface area contributed by atoms with Gasteiger partial charge in [0.15, 0.2) is 11.7 Å². The molecule has 8 N–H and O–H groups in total. The lowest BCUT2D eigenvalue weighted by Gasteiger charge is -2.19. The molecular weight excluding hydrogens is 478 g/mol. The summed E-state index contributed by atoms with van der Waals surface area (Å²) in [4.78, 5) is 42.3. The van der Waals surface area contributed by atoms with E-state index in [9.17, 15) is 19.5 Å². The number of amides is 1. The van der Waals surface area contributed by atoms with Crippen LogP contribution in [0.4, 0.5) is 11.5 Å². The lowest BCUT2D eigenvalue weighted by atomic mass is 10.0. The zero-order valence-corrected chi connectivity index (χ0v) is 20.6. The summed E-state index contributed by atoms with van der Waals surface area (Å²) in [5.41, 5.74) is 13.4. The molecule has 0 saturated carbocycles. The van der Waals surface area contributed by atoms with Gasteiger partial charge in [0.2, 0.25) is 5.91 Å². The summed E-state index contributed by atoms with van der Waals surface area (Å²) >= 11 is 0. The van der Waals surface area contributed by atoms with E-state index in [1.54, 1.807) is 31.2 Å². The SMILES string of the molecule is Cc1nc(NC(C)C)c(=O)n(CC(=O)NCc2ccc(/C(N)=N/O)cc2)c1-c1cc(N)cc(C(=O)O)c1. The summed E-state index contributed by atoms with van der Waals surface area (Å²) in [5.74, 6) is -1.59. The Labute approximate surface area is 212 Å². The van der Waals surface area contributed by atoms with Crippen LogP contribution in [-0.2, 0) is 17.9 Å². The second-order valence-electron chi connectivity index (χ2n) is 8.69. The number of nitrogens with two attached hydrogens (primary N) is 2. The third-order valence-corrected chi connectivity index (χ3v) is 5.39. The number of benzene rings is 2. The molecule has 0 fully saturated rings. The number of oxime groups is 1. The van der Waals surface area contributed by atoms with Gasteiger partial charge >= 0.3 is 5.97 Å². The van der Waals surface area contributed by atoms with Crippen molar-refractivity contribution in [3.8, 4) is 11.3 Å². The van der Waals surface area contributed by atoms with Gasteiger partial charge in [-0.3, -0.25) is 14.2 Å². The number of rotatable bonds is 9. The van der Waals surface area contributed by atoms with Crippen molar-refractivity contribution in [1.82, 2.24) is 14.9 Å². The highest BCUT2D eigenvalue weighted by atomic mass is 16.4. The van der Waals surface area contributed by atoms with E-state index < -0.39 is 17.4 Å². The summed E-state index contributed by atoms with van der Waals surface area (Å²) in [6, 6.07) is 10.9. The van der Waals surface area contributed by atoms with E-state index in [2.05, 4.69) is 20.8 Å². The fraction of sp³-hybridized carbons (Fsp3) is 0.240. The first-order chi connectivity index (χ1) is 17.5. The molecule has 1 aromatic heterocycles. The van der Waals surface area contributed by atoms with Gasteiger partial charge in [-0.1, -0.05) is 29.4 Å². The Hall–Kier alpha value is -4.87. The van der Waals surface area contributed by atoms with Crippen LogP contribution in [0.5, 0.6) is 0 Å². The number of hydrogen-bond donors (Lipinski definition) is 6.